The fraction of sp³-hybridized carbons (Fsp3) is 0.556. The van der Waals surface area contributed by atoms with Gasteiger partial charge in [-0.2, -0.15) is 0 Å². The molecule has 0 unspecified atom stereocenters. The molecule has 4 nitrogen and oxygen atoms in total. The number of halogens is 1. The summed E-state index contributed by atoms with van der Waals surface area (Å²) in [6, 6.07) is 6.49. The number of benzene rings is 1. The molecule has 1 aromatic heterocycles. The van der Waals surface area contributed by atoms with E-state index in [0.29, 0.717) is 18.3 Å². The first-order valence-electron chi connectivity index (χ1n) is 8.72. The molecule has 0 amide bonds. The summed E-state index contributed by atoms with van der Waals surface area (Å²) < 4.78 is 21.2. The van der Waals surface area contributed by atoms with Gasteiger partial charge in [0.2, 0.25) is 0 Å². The highest BCUT2D eigenvalue weighted by molar-refractivity contribution is 7.99. The summed E-state index contributed by atoms with van der Waals surface area (Å²) in [5, 5.41) is 9.76. The number of ether oxygens (including phenoxy) is 1. The largest absolute Gasteiger partial charge is 0.490 e. The van der Waals surface area contributed by atoms with Gasteiger partial charge >= 0.3 is 0 Å². The van der Waals surface area contributed by atoms with Crippen molar-refractivity contribution < 1.29 is 9.13 Å². The molecule has 0 saturated heterocycles. The minimum Gasteiger partial charge on any atom is -0.490 e. The van der Waals surface area contributed by atoms with Crippen molar-refractivity contribution in [1.82, 2.24) is 14.8 Å². The van der Waals surface area contributed by atoms with E-state index in [-0.39, 0.29) is 5.82 Å². The minimum absolute atomic E-state index is 0.304. The average molecular weight is 349 g/mol. The van der Waals surface area contributed by atoms with Crippen molar-refractivity contribution in [3.05, 3.63) is 35.9 Å². The van der Waals surface area contributed by atoms with Gasteiger partial charge in [0.25, 0.3) is 0 Å². The smallest absolute Gasteiger partial charge is 0.191 e. The molecule has 0 aliphatic heterocycles. The number of nitrogens with zero attached hydrogens (tertiary/aromatic N) is 3. The minimum atomic E-state index is -0.321. The Morgan fingerprint density at radius 3 is 2.75 bits per heavy atom. The summed E-state index contributed by atoms with van der Waals surface area (Å²) >= 11 is 1.62. The summed E-state index contributed by atoms with van der Waals surface area (Å²) in [6.07, 6.45) is 6.37. The van der Waals surface area contributed by atoms with Crippen molar-refractivity contribution in [2.24, 2.45) is 0 Å². The van der Waals surface area contributed by atoms with E-state index in [1.54, 1.807) is 30.0 Å². The third kappa shape index (κ3) is 4.09. The molecule has 0 radical (unpaired) electrons. The average Bonchev–Trinajstić information content (AvgIpc) is 3.04. The maximum atomic E-state index is 13.5. The van der Waals surface area contributed by atoms with Gasteiger partial charge in [0.15, 0.2) is 16.7 Å². The molecule has 0 bridgehead atoms. The molecule has 1 heterocycles. The van der Waals surface area contributed by atoms with Gasteiger partial charge in [-0.25, -0.2) is 4.39 Å². The van der Waals surface area contributed by atoms with E-state index >= 15 is 0 Å². The Labute approximate surface area is 146 Å². The molecule has 1 aliphatic rings. The quantitative estimate of drug-likeness (QED) is 0.538. The number of hydrogen-bond acceptors (Lipinski definition) is 4. The fourth-order valence-corrected chi connectivity index (χ4v) is 4.04. The third-order valence-corrected chi connectivity index (χ3v) is 5.37. The number of thioether (sulfide) groups is 1. The van der Waals surface area contributed by atoms with Crippen molar-refractivity contribution in [2.45, 2.75) is 56.6 Å². The van der Waals surface area contributed by atoms with Crippen LogP contribution in [0.25, 0.3) is 0 Å². The Morgan fingerprint density at radius 1 is 1.21 bits per heavy atom. The van der Waals surface area contributed by atoms with Crippen LogP contribution in [0.5, 0.6) is 5.75 Å². The topological polar surface area (TPSA) is 39.9 Å². The highest BCUT2D eigenvalue weighted by Crippen LogP contribution is 2.33. The van der Waals surface area contributed by atoms with Gasteiger partial charge in [-0.3, -0.25) is 0 Å². The fourth-order valence-electron chi connectivity index (χ4n) is 3.21. The molecular formula is C18H24FN3OS. The summed E-state index contributed by atoms with van der Waals surface area (Å²) in [4.78, 5) is 0. The van der Waals surface area contributed by atoms with Crippen LogP contribution in [0, 0.1) is 5.82 Å². The van der Waals surface area contributed by atoms with E-state index in [2.05, 4.69) is 21.7 Å². The summed E-state index contributed by atoms with van der Waals surface area (Å²) in [6.45, 7) is 3.46. The molecule has 24 heavy (non-hydrogen) atoms. The van der Waals surface area contributed by atoms with Gasteiger partial charge in [0.05, 0.1) is 6.61 Å². The summed E-state index contributed by atoms with van der Waals surface area (Å²) in [7, 11) is 0. The lowest BCUT2D eigenvalue weighted by Crippen LogP contribution is -2.12. The van der Waals surface area contributed by atoms with Crippen LogP contribution in [0.4, 0.5) is 4.39 Å². The van der Waals surface area contributed by atoms with E-state index in [1.807, 2.05) is 0 Å². The monoisotopic (exact) mass is 349 g/mol. The van der Waals surface area contributed by atoms with Crippen LogP contribution < -0.4 is 4.74 Å². The normalized spacial score (nSPS) is 15.6. The van der Waals surface area contributed by atoms with Gasteiger partial charge in [-0.05, 0) is 31.9 Å². The second-order valence-electron chi connectivity index (χ2n) is 6.05. The first-order chi connectivity index (χ1) is 11.8. The van der Waals surface area contributed by atoms with E-state index in [0.717, 1.165) is 23.3 Å². The maximum absolute atomic E-state index is 13.5. The predicted octanol–water partition coefficient (Wildman–Crippen LogP) is 4.66. The molecule has 6 heteroatoms. The highest BCUT2D eigenvalue weighted by atomic mass is 32.2. The Balaban J connectivity index is 1.55. The molecule has 1 saturated carbocycles. The van der Waals surface area contributed by atoms with Gasteiger partial charge in [-0.1, -0.05) is 43.2 Å². The van der Waals surface area contributed by atoms with Crippen LogP contribution in [0.15, 0.2) is 29.4 Å². The zero-order valence-corrected chi connectivity index (χ0v) is 14.9. The Morgan fingerprint density at radius 2 is 2.00 bits per heavy atom. The van der Waals surface area contributed by atoms with Crippen molar-refractivity contribution >= 4 is 11.8 Å². The molecular weight excluding hydrogens is 325 g/mol. The van der Waals surface area contributed by atoms with E-state index in [4.69, 9.17) is 4.74 Å². The second kappa shape index (κ2) is 8.51. The third-order valence-electron chi connectivity index (χ3n) is 4.44. The molecule has 1 aromatic carbocycles. The first kappa shape index (κ1) is 17.3. The van der Waals surface area contributed by atoms with Gasteiger partial charge in [0.1, 0.15) is 5.82 Å². The Hall–Kier alpha value is -1.56. The second-order valence-corrected chi connectivity index (χ2v) is 7.11. The van der Waals surface area contributed by atoms with Crippen LogP contribution >= 0.6 is 11.8 Å². The predicted molar refractivity (Wildman–Crippen MR) is 94.1 cm³/mol. The lowest BCUT2D eigenvalue weighted by Gasteiger charge is -2.21. The van der Waals surface area contributed by atoms with E-state index in [1.165, 1.54) is 38.2 Å². The molecule has 0 spiro atoms. The van der Waals surface area contributed by atoms with Crippen molar-refractivity contribution in [2.75, 3.05) is 12.4 Å². The molecule has 3 rings (SSSR count). The lowest BCUT2D eigenvalue weighted by atomic mass is 9.89. The zero-order valence-electron chi connectivity index (χ0n) is 14.1. The van der Waals surface area contributed by atoms with Crippen LogP contribution in [-0.2, 0) is 6.54 Å². The SMILES string of the molecule is CCn1c(SCCOc2ccccc2F)nnc1C1CCCCC1. The van der Waals surface area contributed by atoms with Crippen LogP contribution in [-0.4, -0.2) is 27.1 Å². The van der Waals surface area contributed by atoms with Crippen molar-refractivity contribution in [1.29, 1.82) is 0 Å². The molecule has 2 aromatic rings. The zero-order chi connectivity index (χ0) is 16.8. The number of rotatable bonds is 7. The standard InChI is InChI=1S/C18H24FN3OS/c1-2-22-17(14-8-4-3-5-9-14)20-21-18(22)24-13-12-23-16-11-7-6-10-15(16)19/h6-7,10-11,14H,2-5,8-9,12-13H2,1H3. The first-order valence-corrected chi connectivity index (χ1v) is 9.71. The summed E-state index contributed by atoms with van der Waals surface area (Å²) in [5.74, 6) is 2.39. The van der Waals surface area contributed by atoms with Crippen LogP contribution in [0.3, 0.4) is 0 Å². The van der Waals surface area contributed by atoms with Gasteiger partial charge in [0, 0.05) is 18.2 Å². The van der Waals surface area contributed by atoms with E-state index in [9.17, 15) is 4.39 Å². The number of para-hydroxylation sites is 1. The van der Waals surface area contributed by atoms with Gasteiger partial charge in [-0.15, -0.1) is 10.2 Å². The Kier molecular flexibility index (Phi) is 6.12. The van der Waals surface area contributed by atoms with E-state index < -0.39 is 0 Å². The molecule has 130 valence electrons. The molecule has 1 aliphatic carbocycles. The van der Waals surface area contributed by atoms with Crippen LogP contribution in [0.2, 0.25) is 0 Å². The molecule has 0 atom stereocenters. The summed E-state index contributed by atoms with van der Waals surface area (Å²) in [5.41, 5.74) is 0. The maximum Gasteiger partial charge on any atom is 0.191 e. The molecule has 1 fully saturated rings. The van der Waals surface area contributed by atoms with Crippen molar-refractivity contribution in [3.63, 3.8) is 0 Å². The van der Waals surface area contributed by atoms with Crippen LogP contribution in [0.1, 0.15) is 50.8 Å². The lowest BCUT2D eigenvalue weighted by molar-refractivity contribution is 0.324. The van der Waals surface area contributed by atoms with Gasteiger partial charge < -0.3 is 9.30 Å². The van der Waals surface area contributed by atoms with Crippen molar-refractivity contribution in [3.8, 4) is 5.75 Å². The Bertz CT molecular complexity index is 655. The number of aromatic nitrogens is 3. The number of hydrogen-bond donors (Lipinski definition) is 0. The molecule has 0 N–H and O–H groups in total. The highest BCUT2D eigenvalue weighted by Gasteiger charge is 2.22.